The molecule has 0 spiro atoms. The number of nitrogens with zero attached hydrogens (tertiary/aromatic N) is 1. The van der Waals surface area contributed by atoms with Gasteiger partial charge in [0.2, 0.25) is 6.79 Å². The lowest BCUT2D eigenvalue weighted by Crippen LogP contribution is -2.28. The predicted molar refractivity (Wildman–Crippen MR) is 102 cm³/mol. The van der Waals surface area contributed by atoms with Gasteiger partial charge in [-0.1, -0.05) is 40.2 Å². The van der Waals surface area contributed by atoms with Gasteiger partial charge < -0.3 is 9.47 Å². The Hall–Kier alpha value is -2.79. The highest BCUT2D eigenvalue weighted by Crippen LogP contribution is 2.44. The van der Waals surface area contributed by atoms with Crippen molar-refractivity contribution < 1.29 is 14.3 Å². The van der Waals surface area contributed by atoms with Crippen LogP contribution < -0.4 is 14.4 Å². The third kappa shape index (κ3) is 2.31. The van der Waals surface area contributed by atoms with Crippen LogP contribution in [-0.4, -0.2) is 12.7 Å². The van der Waals surface area contributed by atoms with Crippen LogP contribution >= 0.6 is 15.9 Å². The van der Waals surface area contributed by atoms with E-state index in [2.05, 4.69) is 15.9 Å². The molecule has 1 amide bonds. The Bertz CT molecular complexity index is 1020. The maximum Gasteiger partial charge on any atom is 0.259 e. The van der Waals surface area contributed by atoms with E-state index in [1.165, 1.54) is 0 Å². The molecule has 0 aliphatic carbocycles. The summed E-state index contributed by atoms with van der Waals surface area (Å²) in [5, 5.41) is 0. The Kier molecular flexibility index (Phi) is 3.50. The fraction of sp³-hybridized carbons (Fsp3) is 0.0952. The van der Waals surface area contributed by atoms with Gasteiger partial charge in [-0.25, -0.2) is 0 Å². The molecular weight excluding hydrogens is 394 g/mol. The molecule has 0 saturated carbocycles. The second-order valence-electron chi connectivity index (χ2n) is 6.25. The lowest BCUT2D eigenvalue weighted by Gasteiger charge is -2.26. The van der Waals surface area contributed by atoms with Crippen LogP contribution in [0.3, 0.4) is 0 Å². The SMILES string of the molecule is O=C1c2ccccc2[C@@H](c2ccc3c(c2)OCO3)N1c1ccc(Br)cc1. The van der Waals surface area contributed by atoms with Crippen molar-refractivity contribution in [3.8, 4) is 11.5 Å². The largest absolute Gasteiger partial charge is 0.454 e. The molecule has 0 fully saturated rings. The van der Waals surface area contributed by atoms with Gasteiger partial charge in [0.05, 0.1) is 6.04 Å². The predicted octanol–water partition coefficient (Wildman–Crippen LogP) is 4.93. The minimum atomic E-state index is -0.200. The summed E-state index contributed by atoms with van der Waals surface area (Å²) in [6.45, 7) is 0.232. The number of rotatable bonds is 2. The highest BCUT2D eigenvalue weighted by molar-refractivity contribution is 9.10. The highest BCUT2D eigenvalue weighted by Gasteiger charge is 2.38. The number of hydrogen-bond donors (Lipinski definition) is 0. The molecule has 2 aliphatic heterocycles. The molecule has 0 aromatic heterocycles. The third-order valence-corrected chi connectivity index (χ3v) is 5.31. The molecule has 0 bridgehead atoms. The zero-order valence-corrected chi connectivity index (χ0v) is 15.3. The molecule has 4 nitrogen and oxygen atoms in total. The van der Waals surface area contributed by atoms with Crippen LogP contribution in [0.4, 0.5) is 5.69 Å². The molecule has 0 radical (unpaired) electrons. The van der Waals surface area contributed by atoms with Crippen LogP contribution in [0, 0.1) is 0 Å². The second kappa shape index (κ2) is 5.88. The number of benzene rings is 3. The summed E-state index contributed by atoms with van der Waals surface area (Å²) in [6.07, 6.45) is 0. The molecule has 1 atom stereocenters. The highest BCUT2D eigenvalue weighted by atomic mass is 79.9. The molecule has 128 valence electrons. The van der Waals surface area contributed by atoms with E-state index in [4.69, 9.17) is 9.47 Å². The van der Waals surface area contributed by atoms with E-state index in [0.29, 0.717) is 0 Å². The van der Waals surface area contributed by atoms with Crippen molar-refractivity contribution in [1.82, 2.24) is 0 Å². The zero-order chi connectivity index (χ0) is 17.7. The molecule has 5 rings (SSSR count). The molecule has 26 heavy (non-hydrogen) atoms. The van der Waals surface area contributed by atoms with Crippen LogP contribution in [0.5, 0.6) is 11.5 Å². The molecular formula is C21H14BrNO3. The van der Waals surface area contributed by atoms with Crippen molar-refractivity contribution >= 4 is 27.5 Å². The zero-order valence-electron chi connectivity index (χ0n) is 13.7. The average molecular weight is 408 g/mol. The summed E-state index contributed by atoms with van der Waals surface area (Å²) >= 11 is 3.46. The van der Waals surface area contributed by atoms with Gasteiger partial charge in [-0.2, -0.15) is 0 Å². The van der Waals surface area contributed by atoms with Crippen LogP contribution in [0.2, 0.25) is 0 Å². The van der Waals surface area contributed by atoms with Crippen LogP contribution in [0.25, 0.3) is 0 Å². The van der Waals surface area contributed by atoms with E-state index >= 15 is 0 Å². The van der Waals surface area contributed by atoms with Gasteiger partial charge in [0.25, 0.3) is 5.91 Å². The van der Waals surface area contributed by atoms with E-state index in [0.717, 1.165) is 38.3 Å². The van der Waals surface area contributed by atoms with Gasteiger partial charge in [0, 0.05) is 15.7 Å². The van der Waals surface area contributed by atoms with Gasteiger partial charge in [0.15, 0.2) is 11.5 Å². The Balaban J connectivity index is 1.68. The number of anilines is 1. The molecule has 5 heteroatoms. The lowest BCUT2D eigenvalue weighted by molar-refractivity contribution is 0.0993. The normalized spacial score (nSPS) is 17.5. The Labute approximate surface area is 159 Å². The van der Waals surface area contributed by atoms with Crippen LogP contribution in [0.15, 0.2) is 71.2 Å². The molecule has 3 aromatic carbocycles. The first-order valence-corrected chi connectivity index (χ1v) is 9.09. The van der Waals surface area contributed by atoms with Gasteiger partial charge >= 0.3 is 0 Å². The summed E-state index contributed by atoms with van der Waals surface area (Å²) in [5.74, 6) is 1.46. The van der Waals surface area contributed by atoms with Crippen molar-refractivity contribution in [3.63, 3.8) is 0 Å². The topological polar surface area (TPSA) is 38.8 Å². The lowest BCUT2D eigenvalue weighted by atomic mass is 9.97. The first kappa shape index (κ1) is 15.5. The standard InChI is InChI=1S/C21H14BrNO3/c22-14-6-8-15(9-7-14)23-20(16-3-1-2-4-17(16)21(23)24)13-5-10-18-19(11-13)26-12-25-18/h1-11,20H,12H2/t20-/m1/s1. The number of amides is 1. The number of fused-ring (bicyclic) bond motifs is 2. The molecule has 2 aliphatic rings. The fourth-order valence-corrected chi connectivity index (χ4v) is 3.86. The number of carbonyl (C=O) groups is 1. The molecule has 2 heterocycles. The van der Waals surface area contributed by atoms with E-state index < -0.39 is 0 Å². The summed E-state index contributed by atoms with van der Waals surface area (Å²) in [6, 6.07) is 21.2. The molecule has 0 N–H and O–H groups in total. The second-order valence-corrected chi connectivity index (χ2v) is 7.17. The van der Waals surface area contributed by atoms with Crippen molar-refractivity contribution in [3.05, 3.63) is 87.9 Å². The quantitative estimate of drug-likeness (QED) is 0.604. The van der Waals surface area contributed by atoms with Gasteiger partial charge in [-0.05, 0) is 53.6 Å². The van der Waals surface area contributed by atoms with Gasteiger partial charge in [0.1, 0.15) is 0 Å². The third-order valence-electron chi connectivity index (χ3n) is 4.78. The van der Waals surface area contributed by atoms with E-state index in [9.17, 15) is 4.79 Å². The van der Waals surface area contributed by atoms with Crippen molar-refractivity contribution in [1.29, 1.82) is 0 Å². The summed E-state index contributed by atoms with van der Waals surface area (Å²) < 4.78 is 11.9. The minimum absolute atomic E-state index is 0.00518. The summed E-state index contributed by atoms with van der Waals surface area (Å²) in [5.41, 5.74) is 3.59. The summed E-state index contributed by atoms with van der Waals surface area (Å²) in [7, 11) is 0. The van der Waals surface area contributed by atoms with E-state index in [1.54, 1.807) is 0 Å². The number of hydrogen-bond acceptors (Lipinski definition) is 3. The van der Waals surface area contributed by atoms with E-state index in [-0.39, 0.29) is 18.7 Å². The first-order chi connectivity index (χ1) is 12.7. The maximum absolute atomic E-state index is 13.2. The Morgan fingerprint density at radius 3 is 2.54 bits per heavy atom. The average Bonchev–Trinajstić information content (AvgIpc) is 3.25. The smallest absolute Gasteiger partial charge is 0.259 e. The first-order valence-electron chi connectivity index (χ1n) is 8.30. The van der Waals surface area contributed by atoms with Gasteiger partial charge in [-0.3, -0.25) is 9.69 Å². The molecule has 3 aromatic rings. The monoisotopic (exact) mass is 407 g/mol. The van der Waals surface area contributed by atoms with Crippen molar-refractivity contribution in [2.45, 2.75) is 6.04 Å². The number of halogens is 1. The number of carbonyl (C=O) groups excluding carboxylic acids is 1. The summed E-state index contributed by atoms with van der Waals surface area (Å²) in [4.78, 5) is 15.0. The minimum Gasteiger partial charge on any atom is -0.454 e. The van der Waals surface area contributed by atoms with E-state index in [1.807, 2.05) is 71.6 Å². The maximum atomic E-state index is 13.2. The fourth-order valence-electron chi connectivity index (χ4n) is 3.60. The molecule has 0 saturated heterocycles. The Morgan fingerprint density at radius 1 is 0.923 bits per heavy atom. The van der Waals surface area contributed by atoms with Crippen LogP contribution in [-0.2, 0) is 0 Å². The Morgan fingerprint density at radius 2 is 1.69 bits per heavy atom. The van der Waals surface area contributed by atoms with Crippen LogP contribution in [0.1, 0.15) is 27.5 Å². The van der Waals surface area contributed by atoms with Crippen molar-refractivity contribution in [2.24, 2.45) is 0 Å². The van der Waals surface area contributed by atoms with Gasteiger partial charge in [-0.15, -0.1) is 0 Å². The molecule has 0 unspecified atom stereocenters. The number of ether oxygens (including phenoxy) is 2. The van der Waals surface area contributed by atoms with Crippen molar-refractivity contribution in [2.75, 3.05) is 11.7 Å².